The van der Waals surface area contributed by atoms with Gasteiger partial charge in [0, 0.05) is 12.0 Å². The quantitative estimate of drug-likeness (QED) is 0.866. The minimum Gasteiger partial charge on any atom is -0.494 e. The zero-order chi connectivity index (χ0) is 12.3. The molecule has 0 saturated carbocycles. The molecule has 1 aromatic rings. The second-order valence-corrected chi connectivity index (χ2v) is 4.86. The molecular formula is C14H19NO2. The van der Waals surface area contributed by atoms with E-state index in [1.807, 2.05) is 19.1 Å². The number of ether oxygens (including phenoxy) is 1. The summed E-state index contributed by atoms with van der Waals surface area (Å²) in [5.74, 6) is 1.07. The van der Waals surface area contributed by atoms with E-state index in [2.05, 4.69) is 24.4 Å². The fraction of sp³-hybridized carbons (Fsp3) is 0.500. The molecule has 0 aliphatic carbocycles. The number of rotatable bonds is 4. The molecule has 1 saturated heterocycles. The molecule has 1 aliphatic rings. The molecule has 0 radical (unpaired) electrons. The van der Waals surface area contributed by atoms with Crippen molar-refractivity contribution in [1.29, 1.82) is 0 Å². The maximum atomic E-state index is 11.3. The van der Waals surface area contributed by atoms with Crippen LogP contribution in [0.1, 0.15) is 32.3 Å². The summed E-state index contributed by atoms with van der Waals surface area (Å²) in [7, 11) is 0. The van der Waals surface area contributed by atoms with E-state index >= 15 is 0 Å². The highest BCUT2D eigenvalue weighted by Crippen LogP contribution is 2.25. The molecule has 1 unspecified atom stereocenters. The number of hydrogen-bond acceptors (Lipinski definition) is 2. The third-order valence-corrected chi connectivity index (χ3v) is 3.17. The Hall–Kier alpha value is -1.51. The van der Waals surface area contributed by atoms with Gasteiger partial charge in [0.1, 0.15) is 5.75 Å². The van der Waals surface area contributed by atoms with E-state index in [1.54, 1.807) is 0 Å². The van der Waals surface area contributed by atoms with Gasteiger partial charge in [-0.1, -0.05) is 12.1 Å². The Morgan fingerprint density at radius 3 is 2.59 bits per heavy atom. The Kier molecular flexibility index (Phi) is 3.36. The van der Waals surface area contributed by atoms with Crippen LogP contribution in [0.5, 0.6) is 5.75 Å². The fourth-order valence-corrected chi connectivity index (χ4v) is 2.30. The molecule has 1 N–H and O–H groups in total. The van der Waals surface area contributed by atoms with Crippen LogP contribution in [0.3, 0.4) is 0 Å². The predicted octanol–water partition coefficient (Wildman–Crippen LogP) is 2.30. The molecule has 92 valence electrons. The summed E-state index contributed by atoms with van der Waals surface area (Å²) in [6.45, 7) is 4.77. The van der Waals surface area contributed by atoms with Crippen molar-refractivity contribution in [3.63, 3.8) is 0 Å². The van der Waals surface area contributed by atoms with E-state index in [9.17, 15) is 4.79 Å². The van der Waals surface area contributed by atoms with E-state index in [4.69, 9.17) is 4.74 Å². The zero-order valence-corrected chi connectivity index (χ0v) is 10.5. The Bertz CT molecular complexity index is 399. The Labute approximate surface area is 102 Å². The van der Waals surface area contributed by atoms with E-state index in [0.29, 0.717) is 13.0 Å². The minimum atomic E-state index is -0.0792. The first-order chi connectivity index (χ1) is 8.11. The second-order valence-electron chi connectivity index (χ2n) is 4.86. The molecular weight excluding hydrogens is 214 g/mol. The van der Waals surface area contributed by atoms with Crippen molar-refractivity contribution in [2.75, 3.05) is 6.61 Å². The SMILES string of the molecule is CCOc1ccc(CC2(C)CCC(=O)N2)cc1. The van der Waals surface area contributed by atoms with Crippen LogP contribution in [0, 0.1) is 0 Å². The number of carbonyl (C=O) groups excluding carboxylic acids is 1. The Morgan fingerprint density at radius 2 is 2.06 bits per heavy atom. The van der Waals surface area contributed by atoms with Crippen molar-refractivity contribution in [3.8, 4) is 5.75 Å². The first-order valence-corrected chi connectivity index (χ1v) is 6.14. The fourth-order valence-electron chi connectivity index (χ4n) is 2.30. The summed E-state index contributed by atoms with van der Waals surface area (Å²) in [5.41, 5.74) is 1.16. The molecule has 2 rings (SSSR count). The minimum absolute atomic E-state index is 0.0792. The summed E-state index contributed by atoms with van der Waals surface area (Å²) < 4.78 is 5.40. The van der Waals surface area contributed by atoms with Crippen LogP contribution in [-0.4, -0.2) is 18.1 Å². The van der Waals surface area contributed by atoms with Crippen LogP contribution < -0.4 is 10.1 Å². The number of hydrogen-bond donors (Lipinski definition) is 1. The third kappa shape index (κ3) is 2.99. The van der Waals surface area contributed by atoms with Crippen molar-refractivity contribution < 1.29 is 9.53 Å². The summed E-state index contributed by atoms with van der Waals surface area (Å²) in [5, 5.41) is 3.05. The Balaban J connectivity index is 2.01. The highest BCUT2D eigenvalue weighted by molar-refractivity contribution is 5.79. The molecule has 0 aromatic heterocycles. The van der Waals surface area contributed by atoms with Crippen LogP contribution in [-0.2, 0) is 11.2 Å². The molecule has 0 bridgehead atoms. The molecule has 1 aromatic carbocycles. The van der Waals surface area contributed by atoms with Gasteiger partial charge in [-0.15, -0.1) is 0 Å². The van der Waals surface area contributed by atoms with Gasteiger partial charge in [0.25, 0.3) is 0 Å². The van der Waals surface area contributed by atoms with Gasteiger partial charge in [0.05, 0.1) is 6.61 Å². The molecule has 0 spiro atoms. The standard InChI is InChI=1S/C14H19NO2/c1-3-17-12-6-4-11(5-7-12)10-14(2)9-8-13(16)15-14/h4-7H,3,8-10H2,1-2H3,(H,15,16). The van der Waals surface area contributed by atoms with E-state index in [-0.39, 0.29) is 11.4 Å². The average Bonchev–Trinajstić information content (AvgIpc) is 2.62. The summed E-state index contributed by atoms with van der Waals surface area (Å²) in [6.07, 6.45) is 2.44. The second kappa shape index (κ2) is 4.78. The summed E-state index contributed by atoms with van der Waals surface area (Å²) in [6, 6.07) is 8.11. The molecule has 1 amide bonds. The van der Waals surface area contributed by atoms with E-state index in [0.717, 1.165) is 18.6 Å². The smallest absolute Gasteiger partial charge is 0.220 e. The van der Waals surface area contributed by atoms with Crippen molar-refractivity contribution in [1.82, 2.24) is 5.32 Å². The average molecular weight is 233 g/mol. The van der Waals surface area contributed by atoms with Crippen LogP contribution >= 0.6 is 0 Å². The number of carbonyl (C=O) groups is 1. The monoisotopic (exact) mass is 233 g/mol. The van der Waals surface area contributed by atoms with Gasteiger partial charge < -0.3 is 10.1 Å². The molecule has 1 aliphatic heterocycles. The first-order valence-electron chi connectivity index (χ1n) is 6.14. The first kappa shape index (κ1) is 12.0. The van der Waals surface area contributed by atoms with Gasteiger partial charge in [-0.2, -0.15) is 0 Å². The van der Waals surface area contributed by atoms with Gasteiger partial charge in [0.15, 0.2) is 0 Å². The highest BCUT2D eigenvalue weighted by Gasteiger charge is 2.32. The number of amides is 1. The van der Waals surface area contributed by atoms with Crippen LogP contribution in [0.15, 0.2) is 24.3 Å². The van der Waals surface area contributed by atoms with Gasteiger partial charge in [0.2, 0.25) is 5.91 Å². The van der Waals surface area contributed by atoms with Gasteiger partial charge in [-0.25, -0.2) is 0 Å². The van der Waals surface area contributed by atoms with Crippen molar-refractivity contribution in [2.24, 2.45) is 0 Å². The van der Waals surface area contributed by atoms with Gasteiger partial charge in [-0.3, -0.25) is 4.79 Å². The van der Waals surface area contributed by atoms with E-state index < -0.39 is 0 Å². The van der Waals surface area contributed by atoms with Gasteiger partial charge >= 0.3 is 0 Å². The van der Waals surface area contributed by atoms with E-state index in [1.165, 1.54) is 5.56 Å². The molecule has 3 heteroatoms. The number of nitrogens with one attached hydrogen (secondary N) is 1. The van der Waals surface area contributed by atoms with Crippen molar-refractivity contribution in [2.45, 2.75) is 38.6 Å². The molecule has 17 heavy (non-hydrogen) atoms. The molecule has 1 heterocycles. The van der Waals surface area contributed by atoms with Crippen LogP contribution in [0.2, 0.25) is 0 Å². The summed E-state index contributed by atoms with van der Waals surface area (Å²) >= 11 is 0. The van der Waals surface area contributed by atoms with Crippen LogP contribution in [0.25, 0.3) is 0 Å². The number of benzene rings is 1. The lowest BCUT2D eigenvalue weighted by molar-refractivity contribution is -0.119. The highest BCUT2D eigenvalue weighted by atomic mass is 16.5. The lowest BCUT2D eigenvalue weighted by Gasteiger charge is -2.24. The van der Waals surface area contributed by atoms with Crippen LogP contribution in [0.4, 0.5) is 0 Å². The van der Waals surface area contributed by atoms with Crippen molar-refractivity contribution in [3.05, 3.63) is 29.8 Å². The molecule has 1 fully saturated rings. The maximum absolute atomic E-state index is 11.3. The lowest BCUT2D eigenvalue weighted by atomic mass is 9.91. The third-order valence-electron chi connectivity index (χ3n) is 3.17. The largest absolute Gasteiger partial charge is 0.494 e. The van der Waals surface area contributed by atoms with Gasteiger partial charge in [-0.05, 0) is 44.4 Å². The molecule has 3 nitrogen and oxygen atoms in total. The predicted molar refractivity (Wildman–Crippen MR) is 67.1 cm³/mol. The lowest BCUT2D eigenvalue weighted by Crippen LogP contribution is -2.40. The topological polar surface area (TPSA) is 38.3 Å². The zero-order valence-electron chi connectivity index (χ0n) is 10.5. The Morgan fingerprint density at radius 1 is 1.35 bits per heavy atom. The normalized spacial score (nSPS) is 23.5. The maximum Gasteiger partial charge on any atom is 0.220 e. The van der Waals surface area contributed by atoms with Crippen molar-refractivity contribution >= 4 is 5.91 Å². The molecule has 1 atom stereocenters. The summed E-state index contributed by atoms with van der Waals surface area (Å²) in [4.78, 5) is 11.3.